The van der Waals surface area contributed by atoms with Gasteiger partial charge in [0.25, 0.3) is 5.91 Å². The van der Waals surface area contributed by atoms with Crippen LogP contribution in [0.4, 0.5) is 0 Å². The van der Waals surface area contributed by atoms with E-state index in [9.17, 15) is 4.79 Å². The van der Waals surface area contributed by atoms with E-state index in [0.29, 0.717) is 25.7 Å². The van der Waals surface area contributed by atoms with Gasteiger partial charge in [0.1, 0.15) is 11.5 Å². The van der Waals surface area contributed by atoms with E-state index in [2.05, 4.69) is 44.7 Å². The molecule has 0 saturated heterocycles. The highest BCUT2D eigenvalue weighted by Gasteiger charge is 2.29. The first-order chi connectivity index (χ1) is 19.6. The third-order valence-electron chi connectivity index (χ3n) is 8.58. The van der Waals surface area contributed by atoms with Gasteiger partial charge in [-0.05, 0) is 48.9 Å². The topological polar surface area (TPSA) is 38.8 Å². The molecule has 0 aliphatic carbocycles. The van der Waals surface area contributed by atoms with E-state index in [1.165, 1.54) is 89.0 Å². The zero-order valence-corrected chi connectivity index (χ0v) is 26.2. The maximum absolute atomic E-state index is 13.8. The number of amides is 1. The van der Waals surface area contributed by atoms with E-state index in [-0.39, 0.29) is 5.91 Å². The zero-order chi connectivity index (χ0) is 28.6. The molecule has 1 amide bonds. The number of hydrogen-bond acceptors (Lipinski definition) is 3. The van der Waals surface area contributed by atoms with Gasteiger partial charge in [-0.3, -0.25) is 4.79 Å². The van der Waals surface area contributed by atoms with E-state index >= 15 is 0 Å². The quantitative estimate of drug-likeness (QED) is 0.137. The number of rotatable bonds is 22. The van der Waals surface area contributed by atoms with Crippen LogP contribution in [0.2, 0.25) is 0 Å². The first kappa shape index (κ1) is 32.3. The molecular formula is C36H57NO3. The van der Waals surface area contributed by atoms with Gasteiger partial charge < -0.3 is 14.4 Å². The fourth-order valence-corrected chi connectivity index (χ4v) is 6.01. The number of ether oxygens (including phenoxy) is 2. The van der Waals surface area contributed by atoms with Crippen molar-refractivity contribution in [3.63, 3.8) is 0 Å². The van der Waals surface area contributed by atoms with Crippen LogP contribution in [0, 0.1) is 5.92 Å². The predicted octanol–water partition coefficient (Wildman–Crippen LogP) is 10.5. The maximum atomic E-state index is 13.8. The summed E-state index contributed by atoms with van der Waals surface area (Å²) in [7, 11) is 0. The van der Waals surface area contributed by atoms with Crippen LogP contribution >= 0.6 is 0 Å². The number of carbonyl (C=O) groups is 1. The van der Waals surface area contributed by atoms with Gasteiger partial charge in [0.2, 0.25) is 0 Å². The average molecular weight is 552 g/mol. The molecule has 3 rings (SSSR count). The molecule has 2 aromatic rings. The summed E-state index contributed by atoms with van der Waals surface area (Å²) in [6.45, 7) is 11.9. The Bertz CT molecular complexity index is 993. The van der Waals surface area contributed by atoms with Gasteiger partial charge >= 0.3 is 0 Å². The van der Waals surface area contributed by atoms with Crippen molar-refractivity contribution in [3.8, 4) is 11.5 Å². The lowest BCUT2D eigenvalue weighted by molar-refractivity contribution is 0.0702. The lowest BCUT2D eigenvalue weighted by Gasteiger charge is -2.32. The SMILES string of the molecule is CCCCCCCCOc1ccc2c3c(ccc(OCCCCCCCC)c13)C(=O)N(CC(CC)CCCC)C2. The summed E-state index contributed by atoms with van der Waals surface area (Å²) in [6, 6.07) is 8.33. The van der Waals surface area contributed by atoms with Crippen molar-refractivity contribution >= 4 is 16.7 Å². The van der Waals surface area contributed by atoms with Crippen molar-refractivity contribution in [2.24, 2.45) is 5.92 Å². The second-order valence-corrected chi connectivity index (χ2v) is 11.9. The molecule has 0 aromatic heterocycles. The molecular weight excluding hydrogens is 494 g/mol. The normalized spacial score (nSPS) is 13.7. The second kappa shape index (κ2) is 18.3. The van der Waals surface area contributed by atoms with Crippen LogP contribution in [0.15, 0.2) is 24.3 Å². The van der Waals surface area contributed by atoms with E-state index in [1.807, 2.05) is 12.1 Å². The van der Waals surface area contributed by atoms with Gasteiger partial charge in [0, 0.05) is 24.0 Å². The minimum absolute atomic E-state index is 0.156. The Hall–Kier alpha value is -2.23. The Morgan fingerprint density at radius 1 is 0.675 bits per heavy atom. The lowest BCUT2D eigenvalue weighted by Crippen LogP contribution is -2.37. The van der Waals surface area contributed by atoms with Gasteiger partial charge in [0.05, 0.1) is 18.6 Å². The maximum Gasteiger partial charge on any atom is 0.254 e. The Labute approximate surface area is 245 Å². The third kappa shape index (κ3) is 9.42. The van der Waals surface area contributed by atoms with Crippen LogP contribution in [0.25, 0.3) is 10.8 Å². The van der Waals surface area contributed by atoms with Crippen molar-refractivity contribution in [1.29, 1.82) is 0 Å². The number of nitrogens with zero attached hydrogens (tertiary/aromatic N) is 1. The lowest BCUT2D eigenvalue weighted by atomic mass is 9.91. The highest BCUT2D eigenvalue weighted by Crippen LogP contribution is 2.41. The first-order valence-corrected chi connectivity index (χ1v) is 16.8. The Balaban J connectivity index is 1.78. The zero-order valence-electron chi connectivity index (χ0n) is 26.2. The van der Waals surface area contributed by atoms with E-state index in [0.717, 1.165) is 53.6 Å². The fourth-order valence-electron chi connectivity index (χ4n) is 6.01. The monoisotopic (exact) mass is 551 g/mol. The van der Waals surface area contributed by atoms with Crippen molar-refractivity contribution in [2.75, 3.05) is 19.8 Å². The van der Waals surface area contributed by atoms with Gasteiger partial charge in [-0.15, -0.1) is 0 Å². The highest BCUT2D eigenvalue weighted by atomic mass is 16.5. The first-order valence-electron chi connectivity index (χ1n) is 16.8. The van der Waals surface area contributed by atoms with Gasteiger partial charge in [-0.2, -0.15) is 0 Å². The van der Waals surface area contributed by atoms with Crippen molar-refractivity contribution in [1.82, 2.24) is 4.90 Å². The van der Waals surface area contributed by atoms with Crippen LogP contribution in [-0.2, 0) is 6.54 Å². The molecule has 0 saturated carbocycles. The number of carbonyl (C=O) groups excluding carboxylic acids is 1. The summed E-state index contributed by atoms with van der Waals surface area (Å²) in [4.78, 5) is 15.8. The molecule has 1 heterocycles. The Morgan fingerprint density at radius 3 is 1.80 bits per heavy atom. The van der Waals surface area contributed by atoms with Gasteiger partial charge in [-0.25, -0.2) is 0 Å². The van der Waals surface area contributed by atoms with Gasteiger partial charge in [-0.1, -0.05) is 117 Å². The molecule has 40 heavy (non-hydrogen) atoms. The summed E-state index contributed by atoms with van der Waals surface area (Å²) in [6.07, 6.45) is 19.6. The van der Waals surface area contributed by atoms with E-state index in [4.69, 9.17) is 9.47 Å². The van der Waals surface area contributed by atoms with Crippen LogP contribution in [0.1, 0.15) is 146 Å². The smallest absolute Gasteiger partial charge is 0.254 e. The molecule has 1 atom stereocenters. The summed E-state index contributed by atoms with van der Waals surface area (Å²) >= 11 is 0. The van der Waals surface area contributed by atoms with Crippen LogP contribution < -0.4 is 9.47 Å². The van der Waals surface area contributed by atoms with E-state index in [1.54, 1.807) is 0 Å². The molecule has 1 unspecified atom stereocenters. The molecule has 0 fully saturated rings. The van der Waals surface area contributed by atoms with Crippen molar-refractivity contribution < 1.29 is 14.3 Å². The molecule has 1 aliphatic rings. The summed E-state index contributed by atoms with van der Waals surface area (Å²) in [5, 5.41) is 2.04. The number of hydrogen-bond donors (Lipinski definition) is 0. The molecule has 2 aromatic carbocycles. The minimum atomic E-state index is 0.156. The molecule has 1 aliphatic heterocycles. The molecule has 0 N–H and O–H groups in total. The number of unbranched alkanes of at least 4 members (excludes halogenated alkanes) is 11. The van der Waals surface area contributed by atoms with Gasteiger partial charge in [0.15, 0.2) is 0 Å². The van der Waals surface area contributed by atoms with Crippen LogP contribution in [0.3, 0.4) is 0 Å². The Morgan fingerprint density at radius 2 is 1.23 bits per heavy atom. The summed E-state index contributed by atoms with van der Waals surface area (Å²) in [5.41, 5.74) is 2.02. The largest absolute Gasteiger partial charge is 0.493 e. The molecule has 0 radical (unpaired) electrons. The molecule has 0 spiro atoms. The molecule has 0 bridgehead atoms. The van der Waals surface area contributed by atoms with Crippen LogP contribution in [0.5, 0.6) is 11.5 Å². The predicted molar refractivity (Wildman–Crippen MR) is 170 cm³/mol. The Kier molecular flexibility index (Phi) is 14.7. The average Bonchev–Trinajstić information content (AvgIpc) is 2.97. The van der Waals surface area contributed by atoms with Crippen molar-refractivity contribution in [2.45, 2.75) is 137 Å². The van der Waals surface area contributed by atoms with Crippen molar-refractivity contribution in [3.05, 3.63) is 35.4 Å². The molecule has 4 heteroatoms. The highest BCUT2D eigenvalue weighted by molar-refractivity contribution is 6.13. The molecule has 4 nitrogen and oxygen atoms in total. The summed E-state index contributed by atoms with van der Waals surface area (Å²) in [5.74, 6) is 2.44. The second-order valence-electron chi connectivity index (χ2n) is 11.9. The minimum Gasteiger partial charge on any atom is -0.493 e. The standard InChI is InChI=1S/C36H57NO3/c1-5-9-12-14-16-18-25-39-32-23-21-30-28-37(27-29(8-4)20-11-7-3)36(38)31-22-24-33(35(32)34(30)31)40-26-19-17-15-13-10-6-2/h21-24,29H,5-20,25-28H2,1-4H3. The van der Waals surface area contributed by atoms with E-state index < -0.39 is 0 Å². The molecule has 224 valence electrons. The third-order valence-corrected chi connectivity index (χ3v) is 8.58. The number of benzene rings is 2. The van der Waals surface area contributed by atoms with Crippen LogP contribution in [-0.4, -0.2) is 30.6 Å². The fraction of sp³-hybridized carbons (Fsp3) is 0.694. The summed E-state index contributed by atoms with van der Waals surface area (Å²) < 4.78 is 12.8.